The predicted octanol–water partition coefficient (Wildman–Crippen LogP) is 6.16. The van der Waals surface area contributed by atoms with Crippen molar-refractivity contribution >= 4 is 69.6 Å². The summed E-state index contributed by atoms with van der Waals surface area (Å²) >= 11 is 19.2. The molecule has 1 aliphatic heterocycles. The Kier molecular flexibility index (Phi) is 6.79. The van der Waals surface area contributed by atoms with Gasteiger partial charge < -0.3 is 4.90 Å². The third-order valence-electron chi connectivity index (χ3n) is 5.13. The van der Waals surface area contributed by atoms with E-state index < -0.39 is 27.7 Å². The largest absolute Gasteiger partial charge is 0.337 e. The van der Waals surface area contributed by atoms with E-state index in [4.69, 9.17) is 34.8 Å². The molecule has 1 heterocycles. The molecule has 1 aliphatic rings. The van der Waals surface area contributed by atoms with Gasteiger partial charge in [0.2, 0.25) is 9.63 Å². The standard InChI is InChI=1S/C24H18Cl3FN4O2/c1-30-21(33)20(32(23(30)34)19-15-9-8-14-18(19)28)29-22(24(25,26)27)31(16-10-4-2-5-11-16)17-12-6-3-7-13-17/h2-15,22H,1H3/b29-20+. The molecule has 0 spiro atoms. The Hall–Kier alpha value is -3.13. The highest BCUT2D eigenvalue weighted by molar-refractivity contribution is 6.68. The van der Waals surface area contributed by atoms with E-state index in [2.05, 4.69) is 4.99 Å². The number of hydrogen-bond acceptors (Lipinski definition) is 4. The molecule has 1 fully saturated rings. The van der Waals surface area contributed by atoms with Crippen molar-refractivity contribution in [1.29, 1.82) is 0 Å². The summed E-state index contributed by atoms with van der Waals surface area (Å²) in [5.41, 5.74) is 1.10. The SMILES string of the molecule is CN1C(=O)/C(=N\C(N(c2ccccc2)c2ccccc2)C(Cl)(Cl)Cl)N(c2ccccc2F)C1=O. The maximum atomic E-state index is 14.6. The molecule has 3 aromatic rings. The van der Waals surface area contributed by atoms with Crippen LogP contribution in [0.2, 0.25) is 0 Å². The number of aliphatic imine (C=N–C) groups is 1. The molecule has 1 unspecified atom stereocenters. The molecule has 174 valence electrons. The molecule has 0 aliphatic carbocycles. The highest BCUT2D eigenvalue weighted by Gasteiger charge is 2.46. The predicted molar refractivity (Wildman–Crippen MR) is 134 cm³/mol. The summed E-state index contributed by atoms with van der Waals surface area (Å²) in [5, 5.41) is 0. The number of hydrogen-bond donors (Lipinski definition) is 0. The number of anilines is 3. The lowest BCUT2D eigenvalue weighted by Crippen LogP contribution is -2.43. The molecule has 0 radical (unpaired) electrons. The van der Waals surface area contributed by atoms with Crippen molar-refractivity contribution in [1.82, 2.24) is 4.90 Å². The maximum Gasteiger partial charge on any atom is 0.337 e. The Labute approximate surface area is 210 Å². The van der Waals surface area contributed by atoms with E-state index in [9.17, 15) is 14.0 Å². The Balaban J connectivity index is 1.93. The zero-order valence-corrected chi connectivity index (χ0v) is 20.0. The van der Waals surface area contributed by atoms with E-state index in [1.54, 1.807) is 59.5 Å². The zero-order valence-electron chi connectivity index (χ0n) is 17.8. The smallest absolute Gasteiger partial charge is 0.315 e. The van der Waals surface area contributed by atoms with Crippen LogP contribution in [-0.2, 0) is 4.79 Å². The van der Waals surface area contributed by atoms with Gasteiger partial charge in [0, 0.05) is 18.4 Å². The number of benzene rings is 3. The number of halogens is 4. The van der Waals surface area contributed by atoms with Crippen molar-refractivity contribution in [3.05, 3.63) is 90.7 Å². The second kappa shape index (κ2) is 9.62. The van der Waals surface area contributed by atoms with Crippen molar-refractivity contribution in [2.75, 3.05) is 16.8 Å². The van der Waals surface area contributed by atoms with E-state index in [1.165, 1.54) is 25.2 Å². The first-order chi connectivity index (χ1) is 16.2. The summed E-state index contributed by atoms with van der Waals surface area (Å²) in [6, 6.07) is 22.8. The van der Waals surface area contributed by atoms with Gasteiger partial charge in [-0.1, -0.05) is 83.3 Å². The lowest BCUT2D eigenvalue weighted by atomic mass is 10.2. The lowest BCUT2D eigenvalue weighted by Gasteiger charge is -2.35. The number of likely N-dealkylation sites (N-methyl/N-ethyl adjacent to an activating group) is 1. The van der Waals surface area contributed by atoms with Gasteiger partial charge in [-0.2, -0.15) is 0 Å². The summed E-state index contributed by atoms with van der Waals surface area (Å²) in [4.78, 5) is 33.7. The van der Waals surface area contributed by atoms with Crippen molar-refractivity contribution in [2.24, 2.45) is 4.99 Å². The average molecular weight is 520 g/mol. The van der Waals surface area contributed by atoms with Gasteiger partial charge in [0.1, 0.15) is 5.82 Å². The topological polar surface area (TPSA) is 56.2 Å². The van der Waals surface area contributed by atoms with Crippen LogP contribution in [0.25, 0.3) is 0 Å². The molecular weight excluding hydrogens is 502 g/mol. The summed E-state index contributed by atoms with van der Waals surface area (Å²) in [5.74, 6) is -1.83. The van der Waals surface area contributed by atoms with Gasteiger partial charge in [0.25, 0.3) is 5.91 Å². The summed E-state index contributed by atoms with van der Waals surface area (Å²) < 4.78 is 12.6. The summed E-state index contributed by atoms with van der Waals surface area (Å²) in [6.07, 6.45) is -1.30. The fourth-order valence-electron chi connectivity index (χ4n) is 3.54. The first kappa shape index (κ1) is 24.0. The Morgan fingerprint density at radius 1 is 0.853 bits per heavy atom. The highest BCUT2D eigenvalue weighted by Crippen LogP contribution is 2.41. The number of amides is 3. The average Bonchev–Trinajstić information content (AvgIpc) is 3.03. The molecule has 6 nitrogen and oxygen atoms in total. The van der Waals surface area contributed by atoms with E-state index in [0.29, 0.717) is 11.4 Å². The van der Waals surface area contributed by atoms with Gasteiger partial charge in [-0.05, 0) is 36.4 Å². The van der Waals surface area contributed by atoms with Crippen molar-refractivity contribution in [3.63, 3.8) is 0 Å². The molecule has 0 N–H and O–H groups in total. The molecule has 3 aromatic carbocycles. The summed E-state index contributed by atoms with van der Waals surface area (Å²) in [7, 11) is 1.28. The van der Waals surface area contributed by atoms with Crippen LogP contribution >= 0.6 is 34.8 Å². The third kappa shape index (κ3) is 4.59. The van der Waals surface area contributed by atoms with Crippen molar-refractivity contribution in [2.45, 2.75) is 9.96 Å². The van der Waals surface area contributed by atoms with Crippen molar-refractivity contribution < 1.29 is 14.0 Å². The van der Waals surface area contributed by atoms with E-state index in [-0.39, 0.29) is 11.5 Å². The van der Waals surface area contributed by atoms with Crippen LogP contribution in [0.15, 0.2) is 89.9 Å². The zero-order chi connectivity index (χ0) is 24.5. The Morgan fingerprint density at radius 2 is 1.35 bits per heavy atom. The van der Waals surface area contributed by atoms with Crippen LogP contribution in [-0.4, -0.2) is 39.7 Å². The number of alkyl halides is 3. The summed E-state index contributed by atoms with van der Waals surface area (Å²) in [6.45, 7) is 0. The van der Waals surface area contributed by atoms with Gasteiger partial charge in [0.15, 0.2) is 6.17 Å². The molecule has 0 aromatic heterocycles. The first-order valence-electron chi connectivity index (χ1n) is 10.1. The van der Waals surface area contributed by atoms with Gasteiger partial charge in [-0.3, -0.25) is 9.69 Å². The molecule has 4 rings (SSSR count). The molecule has 0 bridgehead atoms. The van der Waals surface area contributed by atoms with Gasteiger partial charge in [-0.25, -0.2) is 19.1 Å². The Bertz CT molecular complexity index is 1200. The fraction of sp³-hybridized carbons (Fsp3) is 0.125. The fourth-order valence-corrected chi connectivity index (χ4v) is 3.98. The van der Waals surface area contributed by atoms with Gasteiger partial charge >= 0.3 is 6.03 Å². The number of urea groups is 1. The van der Waals surface area contributed by atoms with Crippen LogP contribution in [0.1, 0.15) is 0 Å². The number of amidine groups is 1. The van der Waals surface area contributed by atoms with Crippen LogP contribution in [0.5, 0.6) is 0 Å². The monoisotopic (exact) mass is 518 g/mol. The molecule has 0 saturated carbocycles. The molecule has 3 amide bonds. The number of imide groups is 1. The van der Waals surface area contributed by atoms with Crippen LogP contribution < -0.4 is 9.80 Å². The highest BCUT2D eigenvalue weighted by atomic mass is 35.6. The number of rotatable bonds is 5. The van der Waals surface area contributed by atoms with Crippen LogP contribution in [0.3, 0.4) is 0 Å². The molecular formula is C24H18Cl3FN4O2. The normalized spacial score (nSPS) is 16.3. The minimum absolute atomic E-state index is 0.141. The van der Waals surface area contributed by atoms with Crippen molar-refractivity contribution in [3.8, 4) is 0 Å². The maximum absolute atomic E-state index is 14.6. The second-order valence-electron chi connectivity index (χ2n) is 7.34. The third-order valence-corrected chi connectivity index (χ3v) is 5.72. The second-order valence-corrected chi connectivity index (χ2v) is 9.71. The van der Waals surface area contributed by atoms with Crippen LogP contribution in [0, 0.1) is 5.82 Å². The Morgan fingerprint density at radius 3 is 1.85 bits per heavy atom. The number of para-hydroxylation sites is 3. The molecule has 34 heavy (non-hydrogen) atoms. The first-order valence-corrected chi connectivity index (χ1v) is 11.2. The van der Waals surface area contributed by atoms with Gasteiger partial charge in [0.05, 0.1) is 5.69 Å². The molecule has 1 saturated heterocycles. The van der Waals surface area contributed by atoms with E-state index in [0.717, 1.165) is 9.80 Å². The number of nitrogens with zero attached hydrogens (tertiary/aromatic N) is 4. The van der Waals surface area contributed by atoms with Gasteiger partial charge in [-0.15, -0.1) is 0 Å². The molecule has 1 atom stereocenters. The van der Waals surface area contributed by atoms with E-state index >= 15 is 0 Å². The van der Waals surface area contributed by atoms with E-state index in [1.807, 2.05) is 12.1 Å². The van der Waals surface area contributed by atoms with Crippen LogP contribution in [0.4, 0.5) is 26.2 Å². The molecule has 10 heteroatoms. The quantitative estimate of drug-likeness (QED) is 0.300. The number of carbonyl (C=O) groups is 2. The number of carbonyl (C=O) groups excluding carboxylic acids is 2. The minimum atomic E-state index is -2.05. The minimum Gasteiger partial charge on any atom is -0.315 e. The lowest BCUT2D eigenvalue weighted by molar-refractivity contribution is -0.119.